The first-order valence-corrected chi connectivity index (χ1v) is 8.16. The van der Waals surface area contributed by atoms with Gasteiger partial charge in [-0.1, -0.05) is 30.3 Å². The van der Waals surface area contributed by atoms with Crippen LogP contribution in [0.1, 0.15) is 45.2 Å². The van der Waals surface area contributed by atoms with Crippen LogP contribution in [0.25, 0.3) is 0 Å². The summed E-state index contributed by atoms with van der Waals surface area (Å²) in [5.74, 6) is -0.767. The number of ether oxygens (including phenoxy) is 1. The Labute approximate surface area is 133 Å². The van der Waals surface area contributed by atoms with E-state index in [2.05, 4.69) is 36.1 Å². The average Bonchev–Trinajstić information content (AvgIpc) is 2.55. The second-order valence-corrected chi connectivity index (χ2v) is 6.20. The molecule has 4 nitrogen and oxygen atoms in total. The highest BCUT2D eigenvalue weighted by Crippen LogP contribution is 2.34. The predicted octanol–water partition coefficient (Wildman–Crippen LogP) is 2.77. The van der Waals surface area contributed by atoms with E-state index in [0.29, 0.717) is 25.5 Å². The topological polar surface area (TPSA) is 49.8 Å². The second kappa shape index (κ2) is 7.25. The molecular weight excluding hydrogens is 278 g/mol. The molecule has 2 unspecified atom stereocenters. The summed E-state index contributed by atoms with van der Waals surface area (Å²) in [6.45, 7) is 7.69. The van der Waals surface area contributed by atoms with Crippen molar-refractivity contribution in [3.8, 4) is 0 Å². The first-order chi connectivity index (χ1) is 10.5. The predicted molar refractivity (Wildman–Crippen MR) is 86.4 cm³/mol. The lowest BCUT2D eigenvalue weighted by molar-refractivity contribution is -0.161. The fourth-order valence-electron chi connectivity index (χ4n) is 3.16. The standard InChI is InChI=1S/C18H27NO3/c1-4-22-17(20)14(2)18(21)10-12-19(13-11-18)15(3)16-8-6-5-7-9-16/h5-9,14-15,21H,4,10-13H2,1-3H3. The lowest BCUT2D eigenvalue weighted by Crippen LogP contribution is -2.51. The fourth-order valence-corrected chi connectivity index (χ4v) is 3.16. The summed E-state index contributed by atoms with van der Waals surface area (Å²) < 4.78 is 5.05. The number of rotatable bonds is 5. The molecule has 2 rings (SSSR count). The smallest absolute Gasteiger partial charge is 0.311 e. The van der Waals surface area contributed by atoms with Gasteiger partial charge in [0.25, 0.3) is 0 Å². The van der Waals surface area contributed by atoms with Crippen LogP contribution in [-0.2, 0) is 9.53 Å². The van der Waals surface area contributed by atoms with Crippen molar-refractivity contribution < 1.29 is 14.6 Å². The molecule has 4 heteroatoms. The first kappa shape index (κ1) is 17.0. The minimum absolute atomic E-state index is 0.297. The number of nitrogens with zero attached hydrogens (tertiary/aromatic N) is 1. The Kier molecular flexibility index (Phi) is 5.59. The molecule has 1 aliphatic rings. The lowest BCUT2D eigenvalue weighted by Gasteiger charge is -2.43. The molecule has 0 spiro atoms. The van der Waals surface area contributed by atoms with Gasteiger partial charge in [-0.05, 0) is 39.2 Å². The SMILES string of the molecule is CCOC(=O)C(C)C1(O)CCN(C(C)c2ccccc2)CC1. The molecule has 0 aliphatic carbocycles. The van der Waals surface area contributed by atoms with Gasteiger partial charge in [0.15, 0.2) is 0 Å². The molecule has 0 bridgehead atoms. The molecule has 1 heterocycles. The van der Waals surface area contributed by atoms with E-state index in [4.69, 9.17) is 4.74 Å². The third-order valence-corrected chi connectivity index (χ3v) is 4.94. The zero-order chi connectivity index (χ0) is 16.2. The third kappa shape index (κ3) is 3.68. The Morgan fingerprint density at radius 3 is 2.41 bits per heavy atom. The highest BCUT2D eigenvalue weighted by molar-refractivity contribution is 5.73. The van der Waals surface area contributed by atoms with Crippen LogP contribution in [0, 0.1) is 5.92 Å². The van der Waals surface area contributed by atoms with Crippen molar-refractivity contribution in [3.63, 3.8) is 0 Å². The monoisotopic (exact) mass is 305 g/mol. The largest absolute Gasteiger partial charge is 0.466 e. The summed E-state index contributed by atoms with van der Waals surface area (Å²) in [6.07, 6.45) is 1.20. The van der Waals surface area contributed by atoms with Crippen molar-refractivity contribution in [3.05, 3.63) is 35.9 Å². The Morgan fingerprint density at radius 2 is 1.86 bits per heavy atom. The molecule has 1 saturated heterocycles. The maximum atomic E-state index is 11.9. The Balaban J connectivity index is 1.96. The van der Waals surface area contributed by atoms with Gasteiger partial charge in [-0.2, -0.15) is 0 Å². The van der Waals surface area contributed by atoms with E-state index in [-0.39, 0.29) is 5.97 Å². The number of aliphatic hydroxyl groups is 1. The first-order valence-electron chi connectivity index (χ1n) is 8.16. The molecule has 1 fully saturated rings. The van der Waals surface area contributed by atoms with Gasteiger partial charge >= 0.3 is 5.97 Å². The lowest BCUT2D eigenvalue weighted by atomic mass is 9.80. The minimum Gasteiger partial charge on any atom is -0.466 e. The molecule has 122 valence electrons. The number of hydrogen-bond acceptors (Lipinski definition) is 4. The number of piperidine rings is 1. The van der Waals surface area contributed by atoms with Crippen molar-refractivity contribution in [1.82, 2.24) is 4.90 Å². The second-order valence-electron chi connectivity index (χ2n) is 6.20. The molecule has 1 N–H and O–H groups in total. The molecule has 22 heavy (non-hydrogen) atoms. The number of benzene rings is 1. The van der Waals surface area contributed by atoms with Crippen LogP contribution in [0.15, 0.2) is 30.3 Å². The zero-order valence-corrected chi connectivity index (χ0v) is 13.8. The number of carbonyl (C=O) groups is 1. The summed E-state index contributed by atoms with van der Waals surface area (Å²) in [5, 5.41) is 10.8. The molecule has 0 amide bonds. The fraction of sp³-hybridized carbons (Fsp3) is 0.611. The summed E-state index contributed by atoms with van der Waals surface area (Å²) >= 11 is 0. The Hall–Kier alpha value is -1.39. The Morgan fingerprint density at radius 1 is 1.27 bits per heavy atom. The van der Waals surface area contributed by atoms with E-state index in [9.17, 15) is 9.90 Å². The van der Waals surface area contributed by atoms with Gasteiger partial charge in [0.05, 0.1) is 18.1 Å². The molecule has 2 atom stereocenters. The van der Waals surface area contributed by atoms with E-state index in [1.807, 2.05) is 6.07 Å². The third-order valence-electron chi connectivity index (χ3n) is 4.94. The minimum atomic E-state index is -0.945. The van der Waals surface area contributed by atoms with E-state index in [1.165, 1.54) is 5.56 Å². The van der Waals surface area contributed by atoms with Crippen LogP contribution >= 0.6 is 0 Å². The molecule has 0 aromatic heterocycles. The van der Waals surface area contributed by atoms with E-state index < -0.39 is 11.5 Å². The number of carbonyl (C=O) groups excluding carboxylic acids is 1. The van der Waals surface area contributed by atoms with Crippen LogP contribution < -0.4 is 0 Å². The van der Waals surface area contributed by atoms with Crippen molar-refractivity contribution >= 4 is 5.97 Å². The van der Waals surface area contributed by atoms with Gasteiger partial charge in [-0.15, -0.1) is 0 Å². The van der Waals surface area contributed by atoms with Crippen molar-refractivity contribution in [1.29, 1.82) is 0 Å². The highest BCUT2D eigenvalue weighted by atomic mass is 16.5. The normalized spacial score (nSPS) is 21.1. The number of esters is 1. The van der Waals surface area contributed by atoms with Crippen LogP contribution in [0.5, 0.6) is 0 Å². The maximum absolute atomic E-state index is 11.9. The van der Waals surface area contributed by atoms with Crippen LogP contribution in [0.4, 0.5) is 0 Å². The van der Waals surface area contributed by atoms with Gasteiger partial charge in [-0.3, -0.25) is 9.69 Å². The van der Waals surface area contributed by atoms with E-state index >= 15 is 0 Å². The average molecular weight is 305 g/mol. The molecule has 1 aliphatic heterocycles. The molecule has 1 aromatic carbocycles. The van der Waals surface area contributed by atoms with E-state index in [0.717, 1.165) is 13.1 Å². The number of hydrogen-bond donors (Lipinski definition) is 1. The molecule has 1 aromatic rings. The summed E-state index contributed by atoms with van der Waals surface area (Å²) in [5.41, 5.74) is 0.338. The quantitative estimate of drug-likeness (QED) is 0.850. The molecular formula is C18H27NO3. The summed E-state index contributed by atoms with van der Waals surface area (Å²) in [6, 6.07) is 10.7. The zero-order valence-electron chi connectivity index (χ0n) is 13.8. The van der Waals surface area contributed by atoms with Gasteiger partial charge < -0.3 is 9.84 Å². The molecule has 0 saturated carbocycles. The Bertz CT molecular complexity index is 480. The van der Waals surface area contributed by atoms with Crippen LogP contribution in [0.3, 0.4) is 0 Å². The van der Waals surface area contributed by atoms with Gasteiger partial charge in [0, 0.05) is 19.1 Å². The van der Waals surface area contributed by atoms with Gasteiger partial charge in [-0.25, -0.2) is 0 Å². The van der Waals surface area contributed by atoms with Crippen molar-refractivity contribution in [2.24, 2.45) is 5.92 Å². The highest BCUT2D eigenvalue weighted by Gasteiger charge is 2.42. The van der Waals surface area contributed by atoms with Crippen LogP contribution in [-0.4, -0.2) is 41.3 Å². The van der Waals surface area contributed by atoms with Gasteiger partial charge in [0.2, 0.25) is 0 Å². The summed E-state index contributed by atoms with van der Waals surface area (Å²) in [7, 11) is 0. The van der Waals surface area contributed by atoms with E-state index in [1.54, 1.807) is 13.8 Å². The molecule has 0 radical (unpaired) electrons. The summed E-state index contributed by atoms with van der Waals surface area (Å²) in [4.78, 5) is 14.3. The maximum Gasteiger partial charge on any atom is 0.311 e. The van der Waals surface area contributed by atoms with Crippen molar-refractivity contribution in [2.75, 3.05) is 19.7 Å². The van der Waals surface area contributed by atoms with Crippen LogP contribution in [0.2, 0.25) is 0 Å². The number of likely N-dealkylation sites (tertiary alicyclic amines) is 1. The van der Waals surface area contributed by atoms with Gasteiger partial charge in [0.1, 0.15) is 0 Å². The van der Waals surface area contributed by atoms with Crippen molar-refractivity contribution in [2.45, 2.75) is 45.3 Å².